The van der Waals surface area contributed by atoms with Crippen LogP contribution < -0.4 is 16.0 Å². The maximum Gasteiger partial charge on any atom is 0.247 e. The Morgan fingerprint density at radius 1 is 1.39 bits per heavy atom. The second-order valence-corrected chi connectivity index (χ2v) is 7.44. The van der Waals surface area contributed by atoms with Crippen LogP contribution in [0.4, 0.5) is 8.78 Å². The number of carbonyl (C=O) groups excluding carboxylic acids is 2. The van der Waals surface area contributed by atoms with Crippen LogP contribution in [0.25, 0.3) is 0 Å². The van der Waals surface area contributed by atoms with Gasteiger partial charge in [0.25, 0.3) is 0 Å². The van der Waals surface area contributed by atoms with Crippen LogP contribution in [0.2, 0.25) is 0 Å². The molecule has 2 heterocycles. The van der Waals surface area contributed by atoms with Gasteiger partial charge in [-0.25, -0.2) is 8.78 Å². The molecule has 2 aliphatic heterocycles. The normalized spacial score (nSPS) is 25.8. The number of hydrogen-bond acceptors (Lipinski definition) is 4. The highest BCUT2D eigenvalue weighted by molar-refractivity contribution is 6.00. The molecule has 2 amide bonds. The highest BCUT2D eigenvalue weighted by Crippen LogP contribution is 2.32. The lowest BCUT2D eigenvalue weighted by Gasteiger charge is -2.42. The summed E-state index contributed by atoms with van der Waals surface area (Å²) in [5.74, 6) is -2.26. The average molecular weight is 393 g/mol. The van der Waals surface area contributed by atoms with Crippen molar-refractivity contribution in [1.29, 1.82) is 0 Å². The standard InChI is InChI=1S/C20H25F2N3O3/c1-10-14(20(28)25-16-5-6-23-11(2)19(10)16)8-18(27)24-17(9-26)13-4-3-12(21)7-15(13)22/h3-4,7,11,16-17,19,23,26H,5-6,8-9H2,1-2H3,(H,24,27)(H,25,28)/t11?,16?,17-,19?/m0/s1. The fourth-order valence-electron chi connectivity index (χ4n) is 4.23. The number of aliphatic hydroxyl groups is 1. The molecule has 4 atom stereocenters. The van der Waals surface area contributed by atoms with Gasteiger partial charge in [0, 0.05) is 35.2 Å². The molecule has 1 saturated heterocycles. The number of rotatable bonds is 5. The van der Waals surface area contributed by atoms with Crippen LogP contribution in [0.15, 0.2) is 29.3 Å². The van der Waals surface area contributed by atoms with Crippen LogP contribution in [0.3, 0.4) is 0 Å². The summed E-state index contributed by atoms with van der Waals surface area (Å²) in [6, 6.07) is 2.15. The maximum atomic E-state index is 14.0. The topological polar surface area (TPSA) is 90.5 Å². The molecule has 0 bridgehead atoms. The van der Waals surface area contributed by atoms with E-state index < -0.39 is 30.2 Å². The molecule has 8 heteroatoms. The molecule has 1 fully saturated rings. The minimum atomic E-state index is -1.02. The Morgan fingerprint density at radius 2 is 2.14 bits per heavy atom. The van der Waals surface area contributed by atoms with Crippen molar-refractivity contribution in [2.75, 3.05) is 13.2 Å². The van der Waals surface area contributed by atoms with Gasteiger partial charge in [-0.3, -0.25) is 9.59 Å². The van der Waals surface area contributed by atoms with E-state index in [4.69, 9.17) is 0 Å². The Bertz CT molecular complexity index is 812. The molecule has 28 heavy (non-hydrogen) atoms. The number of piperidine rings is 1. The second-order valence-electron chi connectivity index (χ2n) is 7.44. The van der Waals surface area contributed by atoms with Crippen molar-refractivity contribution in [3.63, 3.8) is 0 Å². The van der Waals surface area contributed by atoms with Crippen LogP contribution in [-0.2, 0) is 9.59 Å². The number of amides is 2. The van der Waals surface area contributed by atoms with E-state index in [9.17, 15) is 23.5 Å². The van der Waals surface area contributed by atoms with Gasteiger partial charge in [0.2, 0.25) is 11.8 Å². The van der Waals surface area contributed by atoms with E-state index in [1.54, 1.807) is 0 Å². The summed E-state index contributed by atoms with van der Waals surface area (Å²) in [5, 5.41) is 18.4. The van der Waals surface area contributed by atoms with Crippen LogP contribution in [0.5, 0.6) is 0 Å². The van der Waals surface area contributed by atoms with Crippen molar-refractivity contribution < 1.29 is 23.5 Å². The van der Waals surface area contributed by atoms with Crippen molar-refractivity contribution in [3.8, 4) is 0 Å². The zero-order chi connectivity index (χ0) is 20.4. The molecule has 152 valence electrons. The highest BCUT2D eigenvalue weighted by Gasteiger charge is 2.39. The van der Waals surface area contributed by atoms with Gasteiger partial charge in [-0.15, -0.1) is 0 Å². The number of fused-ring (bicyclic) bond motifs is 1. The quantitative estimate of drug-likeness (QED) is 0.607. The summed E-state index contributed by atoms with van der Waals surface area (Å²) in [7, 11) is 0. The second kappa shape index (κ2) is 8.36. The van der Waals surface area contributed by atoms with Gasteiger partial charge in [-0.05, 0) is 32.9 Å². The molecule has 0 spiro atoms. The minimum absolute atomic E-state index is 0.0128. The van der Waals surface area contributed by atoms with Gasteiger partial charge >= 0.3 is 0 Å². The third kappa shape index (κ3) is 4.07. The first-order valence-corrected chi connectivity index (χ1v) is 9.41. The van der Waals surface area contributed by atoms with E-state index in [-0.39, 0.29) is 35.9 Å². The SMILES string of the molecule is CC1=C(CC(=O)N[C@@H](CO)c2ccc(F)cc2F)C(=O)NC2CCNC(C)C12. The summed E-state index contributed by atoms with van der Waals surface area (Å²) in [4.78, 5) is 25.0. The Morgan fingerprint density at radius 3 is 2.82 bits per heavy atom. The average Bonchev–Trinajstić information content (AvgIpc) is 2.63. The van der Waals surface area contributed by atoms with Gasteiger partial charge in [0.15, 0.2) is 0 Å². The number of nitrogens with one attached hydrogen (secondary N) is 3. The first kappa shape index (κ1) is 20.4. The fourth-order valence-corrected chi connectivity index (χ4v) is 4.23. The molecule has 1 aromatic carbocycles. The van der Waals surface area contributed by atoms with Crippen LogP contribution >= 0.6 is 0 Å². The van der Waals surface area contributed by atoms with Crippen molar-refractivity contribution in [1.82, 2.24) is 16.0 Å². The largest absolute Gasteiger partial charge is 0.394 e. The summed E-state index contributed by atoms with van der Waals surface area (Å²) in [6.07, 6.45) is 0.654. The van der Waals surface area contributed by atoms with E-state index in [1.165, 1.54) is 6.07 Å². The van der Waals surface area contributed by atoms with Crippen LogP contribution in [0.1, 0.15) is 38.3 Å². The minimum Gasteiger partial charge on any atom is -0.394 e. The van der Waals surface area contributed by atoms with E-state index in [1.807, 2.05) is 6.92 Å². The summed E-state index contributed by atoms with van der Waals surface area (Å²) < 4.78 is 27.1. The lowest BCUT2D eigenvalue weighted by Crippen LogP contribution is -2.57. The van der Waals surface area contributed by atoms with Crippen molar-refractivity contribution in [2.45, 2.75) is 44.8 Å². The molecule has 0 aliphatic carbocycles. The zero-order valence-corrected chi connectivity index (χ0v) is 15.9. The predicted molar refractivity (Wildman–Crippen MR) is 99.1 cm³/mol. The van der Waals surface area contributed by atoms with Gasteiger partial charge in [-0.2, -0.15) is 0 Å². The summed E-state index contributed by atoms with van der Waals surface area (Å²) in [6.45, 7) is 4.19. The summed E-state index contributed by atoms with van der Waals surface area (Å²) >= 11 is 0. The number of halogens is 2. The van der Waals surface area contributed by atoms with E-state index in [2.05, 4.69) is 22.9 Å². The van der Waals surface area contributed by atoms with Crippen molar-refractivity contribution in [2.24, 2.45) is 5.92 Å². The van der Waals surface area contributed by atoms with Gasteiger partial charge in [0.05, 0.1) is 19.1 Å². The van der Waals surface area contributed by atoms with E-state index in [0.29, 0.717) is 11.6 Å². The molecular weight excluding hydrogens is 368 g/mol. The summed E-state index contributed by atoms with van der Waals surface area (Å²) in [5.41, 5.74) is 1.25. The maximum absolute atomic E-state index is 14.0. The van der Waals surface area contributed by atoms with Crippen molar-refractivity contribution in [3.05, 3.63) is 46.5 Å². The van der Waals surface area contributed by atoms with E-state index >= 15 is 0 Å². The Balaban J connectivity index is 1.75. The Labute approximate surface area is 162 Å². The highest BCUT2D eigenvalue weighted by atomic mass is 19.1. The molecule has 0 radical (unpaired) electrons. The van der Waals surface area contributed by atoms with Gasteiger partial charge < -0.3 is 21.1 Å². The first-order chi connectivity index (χ1) is 13.3. The number of carbonyl (C=O) groups is 2. The lowest BCUT2D eigenvalue weighted by atomic mass is 9.76. The van der Waals surface area contributed by atoms with Crippen LogP contribution in [-0.4, -0.2) is 42.2 Å². The molecule has 0 saturated carbocycles. The van der Waals surface area contributed by atoms with Gasteiger partial charge in [0.1, 0.15) is 11.6 Å². The van der Waals surface area contributed by atoms with Crippen molar-refractivity contribution >= 4 is 11.8 Å². The van der Waals surface area contributed by atoms with Crippen LogP contribution in [0, 0.1) is 17.6 Å². The monoisotopic (exact) mass is 393 g/mol. The first-order valence-electron chi connectivity index (χ1n) is 9.41. The zero-order valence-electron chi connectivity index (χ0n) is 15.9. The molecule has 2 aliphatic rings. The predicted octanol–water partition coefficient (Wildman–Crippen LogP) is 1.32. The number of hydrogen-bond donors (Lipinski definition) is 4. The molecule has 4 N–H and O–H groups in total. The molecular formula is C20H25F2N3O3. The number of benzene rings is 1. The molecule has 1 aromatic rings. The van der Waals surface area contributed by atoms with E-state index in [0.717, 1.165) is 24.6 Å². The lowest BCUT2D eigenvalue weighted by molar-refractivity contribution is -0.125. The third-order valence-corrected chi connectivity index (χ3v) is 5.65. The molecule has 6 nitrogen and oxygen atoms in total. The molecule has 0 aromatic heterocycles. The van der Waals surface area contributed by atoms with Gasteiger partial charge in [-0.1, -0.05) is 11.6 Å². The molecule has 3 rings (SSSR count). The number of aliphatic hydroxyl groups excluding tert-OH is 1. The smallest absolute Gasteiger partial charge is 0.247 e. The fraction of sp³-hybridized carbons (Fsp3) is 0.500. The Hall–Kier alpha value is -2.32. The third-order valence-electron chi connectivity index (χ3n) is 5.65. The molecule has 3 unspecified atom stereocenters. The Kier molecular flexibility index (Phi) is 6.10.